The van der Waals surface area contributed by atoms with Gasteiger partial charge in [-0.05, 0) is 19.4 Å². The summed E-state index contributed by atoms with van der Waals surface area (Å²) in [6.07, 6.45) is 8.55. The molecule has 0 aliphatic heterocycles. The summed E-state index contributed by atoms with van der Waals surface area (Å²) in [6.45, 7) is 4.61. The second kappa shape index (κ2) is 6.94. The van der Waals surface area contributed by atoms with Crippen molar-refractivity contribution in [3.05, 3.63) is 30.9 Å². The van der Waals surface area contributed by atoms with E-state index in [1.54, 1.807) is 13.3 Å². The number of anilines is 1. The molecule has 2 rings (SSSR count). The van der Waals surface area contributed by atoms with Crippen LogP contribution in [0, 0.1) is 0 Å². The van der Waals surface area contributed by atoms with Gasteiger partial charge in [0, 0.05) is 45.0 Å². The number of hydrogen-bond acceptors (Lipinski definition) is 4. The van der Waals surface area contributed by atoms with E-state index in [4.69, 9.17) is 4.74 Å². The minimum atomic E-state index is 0.298. The molecule has 2 aromatic rings. The number of aromatic nitrogens is 4. The molecule has 1 unspecified atom stereocenters. The number of ether oxygens (including phenoxy) is 1. The SMILES string of the molecule is COCCCNc1nccn1C(C)Cn1cccn1. The van der Waals surface area contributed by atoms with Gasteiger partial charge < -0.3 is 14.6 Å². The van der Waals surface area contributed by atoms with Crippen molar-refractivity contribution < 1.29 is 4.74 Å². The van der Waals surface area contributed by atoms with Crippen molar-refractivity contribution in [1.82, 2.24) is 19.3 Å². The summed E-state index contributed by atoms with van der Waals surface area (Å²) in [5.41, 5.74) is 0. The number of hydrogen-bond donors (Lipinski definition) is 1. The first-order valence-corrected chi connectivity index (χ1v) is 6.54. The Bertz CT molecular complexity index is 465. The monoisotopic (exact) mass is 263 g/mol. The molecule has 0 spiro atoms. The Labute approximate surface area is 113 Å². The third-order valence-electron chi connectivity index (χ3n) is 2.96. The van der Waals surface area contributed by atoms with Crippen LogP contribution in [0.15, 0.2) is 30.9 Å². The maximum Gasteiger partial charge on any atom is 0.203 e. The van der Waals surface area contributed by atoms with Gasteiger partial charge in [0.1, 0.15) is 0 Å². The minimum Gasteiger partial charge on any atom is -0.385 e. The van der Waals surface area contributed by atoms with Crippen LogP contribution >= 0.6 is 0 Å². The summed E-state index contributed by atoms with van der Waals surface area (Å²) in [7, 11) is 1.72. The van der Waals surface area contributed by atoms with Gasteiger partial charge >= 0.3 is 0 Å². The van der Waals surface area contributed by atoms with Crippen LogP contribution in [-0.4, -0.2) is 39.6 Å². The predicted molar refractivity (Wildman–Crippen MR) is 74.1 cm³/mol. The zero-order chi connectivity index (χ0) is 13.5. The first-order chi connectivity index (χ1) is 9.31. The number of methoxy groups -OCH3 is 1. The normalized spacial score (nSPS) is 12.5. The molecule has 19 heavy (non-hydrogen) atoms. The van der Waals surface area contributed by atoms with E-state index < -0.39 is 0 Å². The molecule has 0 bridgehead atoms. The van der Waals surface area contributed by atoms with E-state index in [0.29, 0.717) is 6.04 Å². The molecule has 0 amide bonds. The Morgan fingerprint density at radius 2 is 2.26 bits per heavy atom. The molecule has 6 nitrogen and oxygen atoms in total. The standard InChI is InChI=1S/C13H21N5O/c1-12(11-17-8-3-6-16-17)18-9-7-15-13(18)14-5-4-10-19-2/h3,6-9,12H,4-5,10-11H2,1-2H3,(H,14,15). The van der Waals surface area contributed by atoms with Crippen molar-refractivity contribution in [3.63, 3.8) is 0 Å². The van der Waals surface area contributed by atoms with Crippen LogP contribution in [-0.2, 0) is 11.3 Å². The van der Waals surface area contributed by atoms with E-state index in [0.717, 1.165) is 32.1 Å². The number of imidazole rings is 1. The fraction of sp³-hybridized carbons (Fsp3) is 0.538. The van der Waals surface area contributed by atoms with Crippen molar-refractivity contribution >= 4 is 5.95 Å². The highest BCUT2D eigenvalue weighted by Gasteiger charge is 2.10. The van der Waals surface area contributed by atoms with Gasteiger partial charge in [-0.25, -0.2) is 4.98 Å². The molecule has 104 valence electrons. The molecule has 0 radical (unpaired) electrons. The van der Waals surface area contributed by atoms with Gasteiger partial charge in [-0.15, -0.1) is 0 Å². The smallest absolute Gasteiger partial charge is 0.203 e. The molecular weight excluding hydrogens is 242 g/mol. The van der Waals surface area contributed by atoms with E-state index in [9.17, 15) is 0 Å². The third-order valence-corrected chi connectivity index (χ3v) is 2.96. The van der Waals surface area contributed by atoms with Crippen LogP contribution in [0.4, 0.5) is 5.95 Å². The third kappa shape index (κ3) is 3.82. The second-order valence-electron chi connectivity index (χ2n) is 4.51. The Hall–Kier alpha value is -1.82. The molecule has 0 aromatic carbocycles. The van der Waals surface area contributed by atoms with Gasteiger partial charge in [-0.2, -0.15) is 5.10 Å². The zero-order valence-corrected chi connectivity index (χ0v) is 11.5. The lowest BCUT2D eigenvalue weighted by Gasteiger charge is -2.17. The predicted octanol–water partition coefficient (Wildman–Crippen LogP) is 1.79. The summed E-state index contributed by atoms with van der Waals surface area (Å²) in [6, 6.07) is 2.23. The van der Waals surface area contributed by atoms with Crippen LogP contribution in [0.25, 0.3) is 0 Å². The number of rotatable bonds is 8. The van der Waals surface area contributed by atoms with E-state index >= 15 is 0 Å². The van der Waals surface area contributed by atoms with Gasteiger partial charge in [0.05, 0.1) is 12.6 Å². The van der Waals surface area contributed by atoms with Crippen molar-refractivity contribution in [3.8, 4) is 0 Å². The topological polar surface area (TPSA) is 56.9 Å². The van der Waals surface area contributed by atoms with Crippen LogP contribution in [0.2, 0.25) is 0 Å². The summed E-state index contributed by atoms with van der Waals surface area (Å²) in [4.78, 5) is 4.35. The number of nitrogens with zero attached hydrogens (tertiary/aromatic N) is 4. The summed E-state index contributed by atoms with van der Waals surface area (Å²) in [5.74, 6) is 0.899. The summed E-state index contributed by atoms with van der Waals surface area (Å²) < 4.78 is 9.09. The Morgan fingerprint density at radius 1 is 1.37 bits per heavy atom. The van der Waals surface area contributed by atoms with E-state index in [1.807, 2.05) is 29.3 Å². The van der Waals surface area contributed by atoms with Gasteiger partial charge in [0.2, 0.25) is 5.95 Å². The Balaban J connectivity index is 1.90. The summed E-state index contributed by atoms with van der Waals surface area (Å²) in [5, 5.41) is 7.56. The van der Waals surface area contributed by atoms with Gasteiger partial charge in [-0.3, -0.25) is 4.68 Å². The molecule has 0 fully saturated rings. The minimum absolute atomic E-state index is 0.298. The molecule has 0 aliphatic rings. The molecule has 2 heterocycles. The van der Waals surface area contributed by atoms with Crippen LogP contribution in [0.5, 0.6) is 0 Å². The molecule has 0 saturated carbocycles. The molecule has 0 saturated heterocycles. The lowest BCUT2D eigenvalue weighted by Crippen LogP contribution is -2.16. The van der Waals surface area contributed by atoms with Crippen molar-refractivity contribution in [1.29, 1.82) is 0 Å². The molecule has 6 heteroatoms. The quantitative estimate of drug-likeness (QED) is 0.738. The van der Waals surface area contributed by atoms with Crippen LogP contribution in [0.3, 0.4) is 0 Å². The lowest BCUT2D eigenvalue weighted by molar-refractivity contribution is 0.197. The van der Waals surface area contributed by atoms with Crippen molar-refractivity contribution in [2.75, 3.05) is 25.6 Å². The fourth-order valence-corrected chi connectivity index (χ4v) is 1.99. The van der Waals surface area contributed by atoms with Gasteiger partial charge in [-0.1, -0.05) is 0 Å². The van der Waals surface area contributed by atoms with Crippen molar-refractivity contribution in [2.45, 2.75) is 25.9 Å². The molecule has 1 N–H and O–H groups in total. The Kier molecular flexibility index (Phi) is 4.97. The fourth-order valence-electron chi connectivity index (χ4n) is 1.99. The zero-order valence-electron chi connectivity index (χ0n) is 11.5. The average Bonchev–Trinajstić information content (AvgIpc) is 3.05. The molecular formula is C13H21N5O. The highest BCUT2D eigenvalue weighted by atomic mass is 16.5. The first kappa shape index (κ1) is 13.6. The molecule has 1 atom stereocenters. The average molecular weight is 263 g/mol. The molecule has 2 aromatic heterocycles. The summed E-state index contributed by atoms with van der Waals surface area (Å²) >= 11 is 0. The highest BCUT2D eigenvalue weighted by molar-refractivity contribution is 5.26. The Morgan fingerprint density at radius 3 is 3.00 bits per heavy atom. The number of nitrogens with one attached hydrogen (secondary N) is 1. The first-order valence-electron chi connectivity index (χ1n) is 6.54. The lowest BCUT2D eigenvalue weighted by atomic mass is 10.3. The van der Waals surface area contributed by atoms with Gasteiger partial charge in [0.15, 0.2) is 0 Å². The van der Waals surface area contributed by atoms with Gasteiger partial charge in [0.25, 0.3) is 0 Å². The second-order valence-corrected chi connectivity index (χ2v) is 4.51. The largest absolute Gasteiger partial charge is 0.385 e. The van der Waals surface area contributed by atoms with Crippen LogP contribution < -0.4 is 5.32 Å². The molecule has 0 aliphatic carbocycles. The maximum atomic E-state index is 5.03. The van der Waals surface area contributed by atoms with E-state index in [2.05, 4.69) is 26.9 Å². The maximum absolute atomic E-state index is 5.03. The van der Waals surface area contributed by atoms with Crippen LogP contribution in [0.1, 0.15) is 19.4 Å². The highest BCUT2D eigenvalue weighted by Crippen LogP contribution is 2.15. The van der Waals surface area contributed by atoms with Crippen molar-refractivity contribution in [2.24, 2.45) is 0 Å². The van der Waals surface area contributed by atoms with E-state index in [1.165, 1.54) is 0 Å². The van der Waals surface area contributed by atoms with E-state index in [-0.39, 0.29) is 0 Å².